The third-order valence-electron chi connectivity index (χ3n) is 23.1. The van der Waals surface area contributed by atoms with Crippen molar-refractivity contribution in [1.82, 2.24) is 35.6 Å². The summed E-state index contributed by atoms with van der Waals surface area (Å²) in [6.45, 7) is 17.6. The van der Waals surface area contributed by atoms with Crippen molar-refractivity contribution in [2.45, 2.75) is 148 Å². The van der Waals surface area contributed by atoms with E-state index in [1.165, 1.54) is 64.2 Å². The van der Waals surface area contributed by atoms with Gasteiger partial charge in [0.25, 0.3) is 11.8 Å². The Morgan fingerprint density at radius 2 is 0.984 bits per heavy atom. The van der Waals surface area contributed by atoms with E-state index in [9.17, 15) is 33.6 Å². The normalized spacial score (nSPS) is 18.7. The summed E-state index contributed by atoms with van der Waals surface area (Å²) in [6.07, 6.45) is 21.6. The van der Waals surface area contributed by atoms with E-state index >= 15 is 0 Å². The smallest absolute Gasteiger partial charge is 0.260 e. The fraction of sp³-hybridized carbons (Fsp3) is 0.598. The number of unbranched alkanes of at least 4 members (excludes halogenated alkanes) is 2. The van der Waals surface area contributed by atoms with Crippen molar-refractivity contribution in [2.24, 2.45) is 27.7 Å². The van der Waals surface area contributed by atoms with Gasteiger partial charge in [0, 0.05) is 120 Å². The van der Waals surface area contributed by atoms with E-state index in [-0.39, 0.29) is 86.2 Å². The van der Waals surface area contributed by atoms with Gasteiger partial charge in [-0.3, -0.25) is 43.5 Å². The molecule has 1 aliphatic carbocycles. The third-order valence-corrected chi connectivity index (χ3v) is 23.1. The number of anilines is 2. The fourth-order valence-electron chi connectivity index (χ4n) is 15.8. The number of carbonyl (C=O) groups excluding carboxylic acids is 7. The molecule has 1 saturated carbocycles. The molecule has 6 heterocycles. The third kappa shape index (κ3) is 29.4. The second-order valence-electron chi connectivity index (χ2n) is 32.4. The van der Waals surface area contributed by atoms with Crippen molar-refractivity contribution in [3.63, 3.8) is 0 Å². The Labute approximate surface area is 723 Å². The fourth-order valence-corrected chi connectivity index (χ4v) is 15.8. The van der Waals surface area contributed by atoms with Gasteiger partial charge in [-0.25, -0.2) is 0 Å². The van der Waals surface area contributed by atoms with Gasteiger partial charge in [0.05, 0.1) is 174 Å². The van der Waals surface area contributed by atoms with E-state index in [0.29, 0.717) is 208 Å². The molecule has 5 atom stereocenters. The lowest BCUT2D eigenvalue weighted by Gasteiger charge is -2.34. The Morgan fingerprint density at radius 1 is 0.504 bits per heavy atom. The first-order valence-electron chi connectivity index (χ1n) is 44.1. The van der Waals surface area contributed by atoms with E-state index in [1.807, 2.05) is 44.6 Å². The van der Waals surface area contributed by atoms with Gasteiger partial charge in [-0.2, -0.15) is 0 Å². The largest absolute Gasteiger partial charge is 0.493 e. The zero-order valence-corrected chi connectivity index (χ0v) is 72.8. The van der Waals surface area contributed by atoms with Crippen molar-refractivity contribution in [2.75, 3.05) is 203 Å². The average molecular weight is 1710 g/mol. The lowest BCUT2D eigenvalue weighted by Crippen LogP contribution is -2.53. The first-order chi connectivity index (χ1) is 60.0. The molecule has 0 aromatic heterocycles. The molecular formula is C92H129N11O20. The summed E-state index contributed by atoms with van der Waals surface area (Å²) in [5.74, 6) is 0.645. The number of hydrogen-bond donors (Lipinski definition) is 4. The highest BCUT2D eigenvalue weighted by Crippen LogP contribution is 2.43. The first-order valence-corrected chi connectivity index (χ1v) is 44.1. The predicted octanol–water partition coefficient (Wildman–Crippen LogP) is 10.2. The van der Waals surface area contributed by atoms with Crippen LogP contribution in [-0.4, -0.2) is 290 Å². The van der Waals surface area contributed by atoms with Gasteiger partial charge in [-0.05, 0) is 110 Å². The molecule has 0 radical (unpaired) electrons. The number of carbonyl (C=O) groups is 7. The van der Waals surface area contributed by atoms with Gasteiger partial charge in [-0.15, -0.1) is 0 Å². The minimum Gasteiger partial charge on any atom is -0.493 e. The molecular weight excluding hydrogens is 1580 g/mol. The van der Waals surface area contributed by atoms with Crippen molar-refractivity contribution >= 4 is 87.7 Å². The molecule has 672 valence electrons. The highest BCUT2D eigenvalue weighted by atomic mass is 16.6. The van der Waals surface area contributed by atoms with Gasteiger partial charge in [-0.1, -0.05) is 89.5 Å². The molecule has 6 aliphatic heterocycles. The Hall–Kier alpha value is -9.41. The van der Waals surface area contributed by atoms with Crippen LogP contribution in [-0.2, 0) is 66.6 Å². The van der Waals surface area contributed by atoms with E-state index in [4.69, 9.17) is 71.6 Å². The summed E-state index contributed by atoms with van der Waals surface area (Å²) in [5, 5.41) is 11.3. The SMILES string of the molecule is COc1cc2c(cc1OCCCCCOc1cc3c(cc1OC)C(=O)N1C=C(c4ccc(N5CCN(C)CC5)cc4)C[C@H]1C=N3)N=C[C@@H]1CC(c3ccc(NC(=O)[C@H](C)NC(=O)[C@@H](NC(=O)CCOCCOCCOCCOCCOCCOCCOCCOCCNC(=O)CCN4COCC(C5CCCCCCCC5)CC4=O)C(C)C)cc3)=CN1C2=O. The summed E-state index contributed by atoms with van der Waals surface area (Å²) < 4.78 is 74.5. The maximum absolute atomic E-state index is 14.2. The lowest BCUT2D eigenvalue weighted by atomic mass is 9.83. The molecule has 11 rings (SSSR count). The maximum atomic E-state index is 14.2. The molecule has 0 bridgehead atoms. The van der Waals surface area contributed by atoms with Crippen LogP contribution < -0.4 is 45.1 Å². The van der Waals surface area contributed by atoms with Crippen LogP contribution in [0.5, 0.6) is 23.0 Å². The monoisotopic (exact) mass is 1710 g/mol. The van der Waals surface area contributed by atoms with Gasteiger partial charge < -0.3 is 107 Å². The number of nitrogens with one attached hydrogen (secondary N) is 4. The topological polar surface area (TPSA) is 329 Å². The van der Waals surface area contributed by atoms with E-state index in [1.54, 1.807) is 71.3 Å². The second kappa shape index (κ2) is 50.5. The number of methoxy groups -OCH3 is 2. The molecule has 7 aliphatic rings. The number of hydrogen-bond acceptors (Lipinski definition) is 24. The summed E-state index contributed by atoms with van der Waals surface area (Å²) in [5.41, 5.74) is 7.49. The Kier molecular flexibility index (Phi) is 38.7. The zero-order chi connectivity index (χ0) is 86.5. The van der Waals surface area contributed by atoms with Crippen LogP contribution in [0.25, 0.3) is 11.1 Å². The Morgan fingerprint density at radius 3 is 1.48 bits per heavy atom. The Bertz CT molecular complexity index is 4160. The quantitative estimate of drug-likeness (QED) is 0.0299. The standard InChI is InChI=1S/C92H129N11O20/c1-65(2)88(98-86(105)27-36-113-38-40-115-42-44-117-46-48-119-50-51-120-49-47-118-45-43-116-41-39-114-37-28-93-85(104)26-29-101-64-121-63-72(54-87(101)106)67-16-12-9-7-8-10-13-17-67)90(108)96-66(3)89(107)97-73-22-18-68(19-23-73)70-52-75-59-94-79-57-83(81(111-5)55-77(79)91(109)102(75)61-70)122-34-14-11-15-35-123-84-58-80-78(56-82(84)112-6)92(110)103-62-71(53-76(103)60-95-80)69-20-24-74(25-21-69)100-32-30-99(4)31-33-100/h18-25,55-62,65-67,72,75-76,88H,7-17,26-54,63-64H2,1-6H3,(H,93,104)(H,96,108)(H,97,107)(H,98,105)/t66-,72?,75-,76-,88-/m0/s1. The average Bonchev–Trinajstić information content (AvgIpc) is 1.64. The van der Waals surface area contributed by atoms with Crippen LogP contribution in [0.4, 0.5) is 22.7 Å². The van der Waals surface area contributed by atoms with E-state index in [2.05, 4.69) is 62.4 Å². The van der Waals surface area contributed by atoms with Gasteiger partial charge in [0.15, 0.2) is 23.0 Å². The number of benzene rings is 4. The number of piperazine rings is 1. The van der Waals surface area contributed by atoms with Crippen LogP contribution in [0, 0.1) is 17.8 Å². The lowest BCUT2D eigenvalue weighted by molar-refractivity contribution is -0.135. The summed E-state index contributed by atoms with van der Waals surface area (Å²) >= 11 is 0. The molecule has 1 unspecified atom stereocenters. The summed E-state index contributed by atoms with van der Waals surface area (Å²) in [7, 11) is 5.25. The van der Waals surface area contributed by atoms with Crippen LogP contribution >= 0.6 is 0 Å². The number of aliphatic imine (C=N–C) groups is 2. The highest BCUT2D eigenvalue weighted by molar-refractivity contribution is 6.07. The number of amides is 7. The van der Waals surface area contributed by atoms with Crippen LogP contribution in [0.3, 0.4) is 0 Å². The number of fused-ring (bicyclic) bond motifs is 4. The molecule has 123 heavy (non-hydrogen) atoms. The molecule has 4 aromatic rings. The van der Waals surface area contributed by atoms with E-state index in [0.717, 1.165) is 61.3 Å². The summed E-state index contributed by atoms with van der Waals surface area (Å²) in [4.78, 5) is 113. The van der Waals surface area contributed by atoms with Gasteiger partial charge >= 0.3 is 0 Å². The number of likely N-dealkylation sites (N-methyl/N-ethyl adjacent to an activating group) is 1. The molecule has 3 fully saturated rings. The van der Waals surface area contributed by atoms with Crippen LogP contribution in [0.2, 0.25) is 0 Å². The highest BCUT2D eigenvalue weighted by Gasteiger charge is 2.37. The molecule has 31 heteroatoms. The molecule has 31 nitrogen and oxygen atoms in total. The molecule has 4 aromatic carbocycles. The Balaban J connectivity index is 0.475. The predicted molar refractivity (Wildman–Crippen MR) is 468 cm³/mol. The minimum absolute atomic E-state index is 0.0189. The van der Waals surface area contributed by atoms with Gasteiger partial charge in [0.2, 0.25) is 29.5 Å². The van der Waals surface area contributed by atoms with Crippen molar-refractivity contribution < 1.29 is 95.1 Å². The number of nitrogens with zero attached hydrogens (tertiary/aromatic N) is 7. The first kappa shape index (κ1) is 94.3. The molecule has 4 N–H and O–H groups in total. The van der Waals surface area contributed by atoms with Crippen molar-refractivity contribution in [3.05, 3.63) is 107 Å². The van der Waals surface area contributed by atoms with Crippen LogP contribution in [0.1, 0.15) is 155 Å². The maximum Gasteiger partial charge on any atom is 0.260 e. The summed E-state index contributed by atoms with van der Waals surface area (Å²) in [6, 6.07) is 20.4. The number of rotatable bonds is 50. The second-order valence-corrected chi connectivity index (χ2v) is 32.4. The minimum atomic E-state index is -0.937. The van der Waals surface area contributed by atoms with Crippen LogP contribution in [0.15, 0.2) is 95.2 Å². The zero-order valence-electron chi connectivity index (χ0n) is 72.8. The van der Waals surface area contributed by atoms with E-state index < -0.39 is 23.9 Å². The molecule has 7 amide bonds. The molecule has 0 spiro atoms. The van der Waals surface area contributed by atoms with Crippen molar-refractivity contribution in [3.8, 4) is 23.0 Å². The van der Waals surface area contributed by atoms with Gasteiger partial charge in [0.1, 0.15) is 18.8 Å². The molecule has 2 saturated heterocycles. The number of ether oxygens (including phenoxy) is 13. The van der Waals surface area contributed by atoms with Crippen molar-refractivity contribution in [1.29, 1.82) is 0 Å².